The number of nitrogens with zero attached hydrogens (tertiary/aromatic N) is 1. The standard InChI is InChI=1S/C12H16ClN3O2/c1-7(2)15-11(17)8(3)16-12(18)9-6-14-5-4-10(9)13/h4-8H,1-3H3,(H,15,17)(H,16,18). The minimum Gasteiger partial charge on any atom is -0.352 e. The van der Waals surface area contributed by atoms with Crippen LogP contribution >= 0.6 is 11.6 Å². The van der Waals surface area contributed by atoms with Crippen molar-refractivity contribution in [3.63, 3.8) is 0 Å². The molecule has 1 rings (SSSR count). The maximum absolute atomic E-state index is 11.9. The Morgan fingerprint density at radius 3 is 2.50 bits per heavy atom. The first kappa shape index (κ1) is 14.4. The second-order valence-corrected chi connectivity index (χ2v) is 4.62. The Bertz CT molecular complexity index is 449. The van der Waals surface area contributed by atoms with E-state index < -0.39 is 11.9 Å². The molecule has 0 aliphatic heterocycles. The second kappa shape index (κ2) is 6.35. The van der Waals surface area contributed by atoms with Gasteiger partial charge in [0.2, 0.25) is 5.91 Å². The fourth-order valence-corrected chi connectivity index (χ4v) is 1.48. The highest BCUT2D eigenvalue weighted by Crippen LogP contribution is 2.13. The van der Waals surface area contributed by atoms with Crippen molar-refractivity contribution in [2.24, 2.45) is 0 Å². The van der Waals surface area contributed by atoms with Crippen LogP contribution in [-0.4, -0.2) is 28.9 Å². The van der Waals surface area contributed by atoms with Crippen molar-refractivity contribution < 1.29 is 9.59 Å². The normalized spacial score (nSPS) is 12.1. The zero-order chi connectivity index (χ0) is 13.7. The first-order valence-electron chi connectivity index (χ1n) is 5.62. The molecule has 1 heterocycles. The van der Waals surface area contributed by atoms with Gasteiger partial charge in [-0.05, 0) is 26.8 Å². The summed E-state index contributed by atoms with van der Waals surface area (Å²) in [4.78, 5) is 27.3. The molecule has 0 saturated heterocycles. The highest BCUT2D eigenvalue weighted by molar-refractivity contribution is 6.33. The van der Waals surface area contributed by atoms with Gasteiger partial charge in [-0.3, -0.25) is 14.6 Å². The van der Waals surface area contributed by atoms with Crippen molar-refractivity contribution in [3.05, 3.63) is 29.0 Å². The number of aromatic nitrogens is 1. The molecular weight excluding hydrogens is 254 g/mol. The van der Waals surface area contributed by atoms with Crippen molar-refractivity contribution in [1.29, 1.82) is 0 Å². The van der Waals surface area contributed by atoms with E-state index in [1.165, 1.54) is 18.5 Å². The molecule has 1 atom stereocenters. The topological polar surface area (TPSA) is 71.1 Å². The van der Waals surface area contributed by atoms with Gasteiger partial charge in [0.15, 0.2) is 0 Å². The Balaban J connectivity index is 2.65. The molecule has 1 unspecified atom stereocenters. The molecule has 2 N–H and O–H groups in total. The maximum Gasteiger partial charge on any atom is 0.255 e. The Morgan fingerprint density at radius 1 is 1.28 bits per heavy atom. The van der Waals surface area contributed by atoms with E-state index in [9.17, 15) is 9.59 Å². The van der Waals surface area contributed by atoms with Crippen LogP contribution in [0.4, 0.5) is 0 Å². The van der Waals surface area contributed by atoms with Crippen LogP contribution < -0.4 is 10.6 Å². The lowest BCUT2D eigenvalue weighted by molar-refractivity contribution is -0.123. The molecule has 0 spiro atoms. The monoisotopic (exact) mass is 269 g/mol. The number of carbonyl (C=O) groups excluding carboxylic acids is 2. The van der Waals surface area contributed by atoms with Gasteiger partial charge in [-0.1, -0.05) is 11.6 Å². The molecule has 0 aliphatic rings. The molecule has 0 bridgehead atoms. The van der Waals surface area contributed by atoms with Crippen LogP contribution in [0.5, 0.6) is 0 Å². The molecule has 1 aromatic rings. The van der Waals surface area contributed by atoms with E-state index >= 15 is 0 Å². The molecule has 5 nitrogen and oxygen atoms in total. The number of halogens is 1. The SMILES string of the molecule is CC(C)NC(=O)C(C)NC(=O)c1cnccc1Cl. The van der Waals surface area contributed by atoms with Gasteiger partial charge in [0.25, 0.3) is 5.91 Å². The zero-order valence-corrected chi connectivity index (χ0v) is 11.3. The third kappa shape index (κ3) is 4.00. The molecule has 0 fully saturated rings. The first-order chi connectivity index (χ1) is 8.41. The Labute approximate surface area is 111 Å². The molecule has 0 aromatic carbocycles. The largest absolute Gasteiger partial charge is 0.352 e. The molecule has 18 heavy (non-hydrogen) atoms. The number of hydrogen-bond donors (Lipinski definition) is 2. The first-order valence-corrected chi connectivity index (χ1v) is 6.00. The van der Waals surface area contributed by atoms with Gasteiger partial charge in [-0.15, -0.1) is 0 Å². The summed E-state index contributed by atoms with van der Waals surface area (Å²) in [5.41, 5.74) is 0.253. The van der Waals surface area contributed by atoms with Gasteiger partial charge in [-0.2, -0.15) is 0 Å². The van der Waals surface area contributed by atoms with E-state index in [0.29, 0.717) is 5.02 Å². The van der Waals surface area contributed by atoms with Gasteiger partial charge in [0, 0.05) is 18.4 Å². The lowest BCUT2D eigenvalue weighted by Crippen LogP contribution is -2.46. The van der Waals surface area contributed by atoms with E-state index in [1.54, 1.807) is 6.92 Å². The summed E-state index contributed by atoms with van der Waals surface area (Å²) in [5, 5.41) is 5.58. The summed E-state index contributed by atoms with van der Waals surface area (Å²) in [6, 6.07) is 0.921. The maximum atomic E-state index is 11.9. The summed E-state index contributed by atoms with van der Waals surface area (Å²) in [5.74, 6) is -0.655. The van der Waals surface area contributed by atoms with Gasteiger partial charge >= 0.3 is 0 Å². The molecule has 2 amide bonds. The van der Waals surface area contributed by atoms with Gasteiger partial charge in [0.05, 0.1) is 10.6 Å². The average molecular weight is 270 g/mol. The lowest BCUT2D eigenvalue weighted by atomic mass is 10.2. The number of pyridine rings is 1. The Hall–Kier alpha value is -1.62. The van der Waals surface area contributed by atoms with Crippen molar-refractivity contribution >= 4 is 23.4 Å². The smallest absolute Gasteiger partial charge is 0.255 e. The van der Waals surface area contributed by atoms with Gasteiger partial charge in [0.1, 0.15) is 6.04 Å². The van der Waals surface area contributed by atoms with Crippen LogP contribution in [0, 0.1) is 0 Å². The predicted molar refractivity (Wildman–Crippen MR) is 69.5 cm³/mol. The van der Waals surface area contributed by atoms with Gasteiger partial charge in [-0.25, -0.2) is 0 Å². The van der Waals surface area contributed by atoms with Crippen molar-refractivity contribution in [1.82, 2.24) is 15.6 Å². The second-order valence-electron chi connectivity index (χ2n) is 4.21. The molecular formula is C12H16ClN3O2. The predicted octanol–water partition coefficient (Wildman–Crippen LogP) is 1.38. The lowest BCUT2D eigenvalue weighted by Gasteiger charge is -2.16. The molecule has 0 saturated carbocycles. The van der Waals surface area contributed by atoms with Gasteiger partial charge < -0.3 is 10.6 Å². The van der Waals surface area contributed by atoms with Crippen LogP contribution in [0.2, 0.25) is 5.02 Å². The van der Waals surface area contributed by atoms with Crippen LogP contribution in [-0.2, 0) is 4.79 Å². The minimum atomic E-state index is -0.629. The van der Waals surface area contributed by atoms with Crippen molar-refractivity contribution in [2.45, 2.75) is 32.9 Å². The molecule has 6 heteroatoms. The van der Waals surface area contributed by atoms with E-state index in [4.69, 9.17) is 11.6 Å². The van der Waals surface area contributed by atoms with E-state index in [0.717, 1.165) is 0 Å². The molecule has 0 aliphatic carbocycles. The number of amides is 2. The Kier molecular flexibility index (Phi) is 5.09. The quantitative estimate of drug-likeness (QED) is 0.867. The van der Waals surface area contributed by atoms with E-state index in [1.807, 2.05) is 13.8 Å². The number of nitrogens with one attached hydrogen (secondary N) is 2. The highest BCUT2D eigenvalue weighted by Gasteiger charge is 2.18. The number of rotatable bonds is 4. The van der Waals surface area contributed by atoms with E-state index in [2.05, 4.69) is 15.6 Å². The number of carbonyl (C=O) groups is 2. The molecule has 1 aromatic heterocycles. The Morgan fingerprint density at radius 2 is 1.94 bits per heavy atom. The van der Waals surface area contributed by atoms with Crippen LogP contribution in [0.15, 0.2) is 18.5 Å². The van der Waals surface area contributed by atoms with Crippen molar-refractivity contribution in [2.75, 3.05) is 0 Å². The van der Waals surface area contributed by atoms with Crippen LogP contribution in [0.1, 0.15) is 31.1 Å². The summed E-state index contributed by atoms with van der Waals surface area (Å²) < 4.78 is 0. The zero-order valence-electron chi connectivity index (χ0n) is 10.5. The summed E-state index contributed by atoms with van der Waals surface area (Å²) in [7, 11) is 0. The summed E-state index contributed by atoms with van der Waals surface area (Å²) >= 11 is 5.87. The van der Waals surface area contributed by atoms with E-state index in [-0.39, 0.29) is 17.5 Å². The highest BCUT2D eigenvalue weighted by atomic mass is 35.5. The minimum absolute atomic E-state index is 0.0267. The van der Waals surface area contributed by atoms with Crippen LogP contribution in [0.25, 0.3) is 0 Å². The average Bonchev–Trinajstić information content (AvgIpc) is 2.28. The fourth-order valence-electron chi connectivity index (χ4n) is 1.29. The third-order valence-corrected chi connectivity index (χ3v) is 2.51. The number of hydrogen-bond acceptors (Lipinski definition) is 3. The summed E-state index contributed by atoms with van der Waals surface area (Å²) in [6.07, 6.45) is 2.86. The molecule has 98 valence electrons. The van der Waals surface area contributed by atoms with Crippen molar-refractivity contribution in [3.8, 4) is 0 Å². The molecule has 0 radical (unpaired) electrons. The van der Waals surface area contributed by atoms with Crippen LogP contribution in [0.3, 0.4) is 0 Å². The summed E-state index contributed by atoms with van der Waals surface area (Å²) in [6.45, 7) is 5.31. The fraction of sp³-hybridized carbons (Fsp3) is 0.417. The third-order valence-electron chi connectivity index (χ3n) is 2.18.